The number of carbonyl (C=O) groups excluding carboxylic acids is 2. The maximum atomic E-state index is 12.8. The van der Waals surface area contributed by atoms with Crippen LogP contribution in [0.25, 0.3) is 6.08 Å². The van der Waals surface area contributed by atoms with E-state index >= 15 is 0 Å². The van der Waals surface area contributed by atoms with Crippen molar-refractivity contribution in [2.24, 2.45) is 0 Å². The van der Waals surface area contributed by atoms with Crippen LogP contribution in [0.15, 0.2) is 60.4 Å². The number of esters is 1. The Morgan fingerprint density at radius 3 is 2.55 bits per heavy atom. The van der Waals surface area contributed by atoms with E-state index in [1.165, 1.54) is 7.11 Å². The van der Waals surface area contributed by atoms with Gasteiger partial charge in [-0.25, -0.2) is 4.79 Å². The highest BCUT2D eigenvalue weighted by atomic mass is 35.5. The van der Waals surface area contributed by atoms with Gasteiger partial charge in [0.25, 0.3) is 0 Å². The maximum absolute atomic E-state index is 12.8. The molecule has 1 aliphatic heterocycles. The summed E-state index contributed by atoms with van der Waals surface area (Å²) in [6, 6.07) is 14.9. The Morgan fingerprint density at radius 1 is 1.03 bits per heavy atom. The van der Waals surface area contributed by atoms with E-state index < -0.39 is 5.97 Å². The number of methoxy groups -OCH3 is 1. The molecule has 3 aromatic rings. The topological polar surface area (TPSA) is 61.8 Å². The number of rotatable bonds is 4. The highest BCUT2D eigenvalue weighted by molar-refractivity contribution is 6.35. The quantitative estimate of drug-likeness (QED) is 0.269. The number of allylic oxidation sites excluding steroid dienone is 1. The molecule has 0 N–H and O–H groups in total. The summed E-state index contributed by atoms with van der Waals surface area (Å²) >= 11 is 12.1. The average Bonchev–Trinajstić information content (AvgIpc) is 3.08. The number of para-hydroxylation sites is 1. The third-order valence-electron chi connectivity index (χ3n) is 4.82. The normalized spacial score (nSPS) is 13.7. The highest BCUT2D eigenvalue weighted by Gasteiger charge is 2.31. The van der Waals surface area contributed by atoms with Crippen LogP contribution in [-0.4, -0.2) is 18.9 Å². The molecule has 3 aromatic carbocycles. The summed E-state index contributed by atoms with van der Waals surface area (Å²) < 4.78 is 16.6. The molecular formula is C24H16Cl2O5. The molecule has 0 aromatic heterocycles. The van der Waals surface area contributed by atoms with Crippen LogP contribution in [0, 0.1) is 6.92 Å². The summed E-state index contributed by atoms with van der Waals surface area (Å²) in [5, 5.41) is 0.891. The number of benzene rings is 3. The molecule has 0 saturated heterocycles. The van der Waals surface area contributed by atoms with Gasteiger partial charge in [-0.2, -0.15) is 0 Å². The third-order valence-corrected chi connectivity index (χ3v) is 5.38. The predicted octanol–water partition coefficient (Wildman–Crippen LogP) is 6.15. The van der Waals surface area contributed by atoms with Crippen molar-refractivity contribution in [1.29, 1.82) is 0 Å². The summed E-state index contributed by atoms with van der Waals surface area (Å²) in [6.07, 6.45) is 1.56. The molecule has 0 radical (unpaired) electrons. The zero-order valence-corrected chi connectivity index (χ0v) is 18.1. The first-order valence-corrected chi connectivity index (χ1v) is 10.0. The average molecular weight is 455 g/mol. The van der Waals surface area contributed by atoms with E-state index in [1.807, 2.05) is 0 Å². The molecule has 0 amide bonds. The van der Waals surface area contributed by atoms with E-state index in [0.29, 0.717) is 43.8 Å². The molecule has 0 saturated carbocycles. The van der Waals surface area contributed by atoms with Gasteiger partial charge in [0.05, 0.1) is 12.7 Å². The van der Waals surface area contributed by atoms with E-state index in [0.717, 1.165) is 0 Å². The molecule has 7 heteroatoms. The number of fused-ring (bicyclic) bond motifs is 1. The minimum atomic E-state index is -0.575. The summed E-state index contributed by atoms with van der Waals surface area (Å²) in [4.78, 5) is 25.4. The zero-order valence-electron chi connectivity index (χ0n) is 16.6. The monoisotopic (exact) mass is 454 g/mol. The van der Waals surface area contributed by atoms with Gasteiger partial charge >= 0.3 is 5.97 Å². The first-order valence-electron chi connectivity index (χ1n) is 9.27. The van der Waals surface area contributed by atoms with Crippen LogP contribution in [0.3, 0.4) is 0 Å². The van der Waals surface area contributed by atoms with Gasteiger partial charge in [-0.05, 0) is 55.0 Å². The Kier molecular flexibility index (Phi) is 5.72. The van der Waals surface area contributed by atoms with Gasteiger partial charge in [0.1, 0.15) is 22.8 Å². The van der Waals surface area contributed by atoms with Crippen LogP contribution in [-0.2, 0) is 0 Å². The van der Waals surface area contributed by atoms with E-state index in [4.69, 9.17) is 37.4 Å². The summed E-state index contributed by atoms with van der Waals surface area (Å²) in [5.41, 5.74) is 1.80. The molecule has 1 heterocycles. The second-order valence-corrected chi connectivity index (χ2v) is 7.60. The van der Waals surface area contributed by atoms with Crippen LogP contribution in [0.5, 0.6) is 17.2 Å². The number of Topliss-reactive ketones (excluding diaryl/α,β-unsaturated/α-hetero) is 1. The van der Waals surface area contributed by atoms with Gasteiger partial charge in [0.2, 0.25) is 5.78 Å². The van der Waals surface area contributed by atoms with Crippen molar-refractivity contribution in [2.45, 2.75) is 6.92 Å². The molecular weight excluding hydrogens is 439 g/mol. The summed E-state index contributed by atoms with van der Waals surface area (Å²) in [7, 11) is 1.48. The van der Waals surface area contributed by atoms with Gasteiger partial charge in [0, 0.05) is 15.6 Å². The Balaban J connectivity index is 1.63. The molecule has 0 spiro atoms. The van der Waals surface area contributed by atoms with Crippen molar-refractivity contribution < 1.29 is 23.8 Å². The van der Waals surface area contributed by atoms with Gasteiger partial charge in [-0.3, -0.25) is 4.79 Å². The standard InChI is InChI=1S/C24H16Cl2O5/c1-13-19(31-24(28)16-5-3-4-6-20(16)29-2)10-9-17-22(27)21(30-23(13)17)11-14-7-8-15(25)12-18(14)26/h3-12H,1-2H3/b21-11-. The SMILES string of the molecule is COc1ccccc1C(=O)Oc1ccc2c(c1C)O/C(=C\c1ccc(Cl)cc1Cl)C2=O. The molecule has 0 fully saturated rings. The largest absolute Gasteiger partial charge is 0.496 e. The second kappa shape index (κ2) is 8.46. The van der Waals surface area contributed by atoms with E-state index in [2.05, 4.69) is 0 Å². The van der Waals surface area contributed by atoms with E-state index in [1.54, 1.807) is 67.6 Å². The molecule has 1 aliphatic rings. The molecule has 0 unspecified atom stereocenters. The van der Waals surface area contributed by atoms with Crippen molar-refractivity contribution in [3.63, 3.8) is 0 Å². The Labute approximate surface area is 188 Å². The minimum Gasteiger partial charge on any atom is -0.496 e. The van der Waals surface area contributed by atoms with E-state index in [-0.39, 0.29) is 17.3 Å². The van der Waals surface area contributed by atoms with Gasteiger partial charge < -0.3 is 14.2 Å². The lowest BCUT2D eigenvalue weighted by molar-refractivity contribution is 0.0729. The van der Waals surface area contributed by atoms with Gasteiger partial charge in [-0.15, -0.1) is 0 Å². The van der Waals surface area contributed by atoms with E-state index in [9.17, 15) is 9.59 Å². The van der Waals surface area contributed by atoms with Crippen molar-refractivity contribution in [3.8, 4) is 17.2 Å². The third kappa shape index (κ3) is 4.02. The van der Waals surface area contributed by atoms with Crippen molar-refractivity contribution >= 4 is 41.0 Å². The van der Waals surface area contributed by atoms with Gasteiger partial charge in [0.15, 0.2) is 5.76 Å². The Hall–Kier alpha value is -3.28. The highest BCUT2D eigenvalue weighted by Crippen LogP contribution is 2.40. The minimum absolute atomic E-state index is 0.121. The molecule has 4 rings (SSSR count). The number of carbonyl (C=O) groups is 2. The molecule has 156 valence electrons. The summed E-state index contributed by atoms with van der Waals surface area (Å²) in [6.45, 7) is 1.72. The Morgan fingerprint density at radius 2 is 1.81 bits per heavy atom. The van der Waals surface area contributed by atoms with Crippen LogP contribution < -0.4 is 14.2 Å². The zero-order chi connectivity index (χ0) is 22.1. The molecule has 0 bridgehead atoms. The number of halogens is 2. The number of ketones is 1. The molecule has 5 nitrogen and oxygen atoms in total. The molecule has 0 aliphatic carbocycles. The lowest BCUT2D eigenvalue weighted by Crippen LogP contribution is -2.11. The lowest BCUT2D eigenvalue weighted by atomic mass is 10.1. The van der Waals surface area contributed by atoms with Crippen molar-refractivity contribution in [1.82, 2.24) is 0 Å². The molecule has 0 atom stereocenters. The fourth-order valence-electron chi connectivity index (χ4n) is 3.21. The fourth-order valence-corrected chi connectivity index (χ4v) is 3.67. The summed E-state index contributed by atoms with van der Waals surface area (Å²) in [5.74, 6) is 0.290. The first-order chi connectivity index (χ1) is 14.9. The second-order valence-electron chi connectivity index (χ2n) is 6.76. The fraction of sp³-hybridized carbons (Fsp3) is 0.0833. The lowest BCUT2D eigenvalue weighted by Gasteiger charge is -2.11. The van der Waals surface area contributed by atoms with Gasteiger partial charge in [-0.1, -0.05) is 41.4 Å². The van der Waals surface area contributed by atoms with Crippen molar-refractivity contribution in [3.05, 3.63) is 92.7 Å². The number of hydrogen-bond donors (Lipinski definition) is 0. The number of hydrogen-bond acceptors (Lipinski definition) is 5. The smallest absolute Gasteiger partial charge is 0.347 e. The van der Waals surface area contributed by atoms with Crippen LogP contribution in [0.2, 0.25) is 10.0 Å². The van der Waals surface area contributed by atoms with Crippen LogP contribution in [0.1, 0.15) is 31.8 Å². The van der Waals surface area contributed by atoms with Crippen LogP contribution >= 0.6 is 23.2 Å². The predicted molar refractivity (Wildman–Crippen MR) is 119 cm³/mol. The maximum Gasteiger partial charge on any atom is 0.347 e. The van der Waals surface area contributed by atoms with Crippen LogP contribution in [0.4, 0.5) is 0 Å². The first kappa shape index (κ1) is 21.0. The Bertz CT molecular complexity index is 1250. The number of ether oxygens (including phenoxy) is 3. The van der Waals surface area contributed by atoms with Crippen molar-refractivity contribution in [2.75, 3.05) is 7.11 Å². The molecule has 31 heavy (non-hydrogen) atoms.